The topological polar surface area (TPSA) is 66.5 Å². The molecule has 0 aromatic heterocycles. The molecule has 5 nitrogen and oxygen atoms in total. The van der Waals surface area contributed by atoms with Crippen molar-refractivity contribution in [1.29, 1.82) is 0 Å². The molecule has 2 rings (SSSR count). The Morgan fingerprint density at radius 1 is 1.04 bits per heavy atom. The van der Waals surface area contributed by atoms with E-state index in [4.69, 9.17) is 0 Å². The Hall–Kier alpha value is -2.18. The highest BCUT2D eigenvalue weighted by molar-refractivity contribution is 7.88. The zero-order valence-corrected chi connectivity index (χ0v) is 16.7. The van der Waals surface area contributed by atoms with Gasteiger partial charge in [-0.1, -0.05) is 62.4 Å². The number of hydrogen-bond acceptors (Lipinski definition) is 3. The van der Waals surface area contributed by atoms with E-state index < -0.39 is 16.1 Å². The quantitative estimate of drug-likeness (QED) is 0.838. The maximum absolute atomic E-state index is 13.1. The van der Waals surface area contributed by atoms with E-state index in [1.807, 2.05) is 31.2 Å². The zero-order valence-electron chi connectivity index (χ0n) is 15.9. The summed E-state index contributed by atoms with van der Waals surface area (Å²) in [5, 5.41) is 2.97. The van der Waals surface area contributed by atoms with Crippen molar-refractivity contribution in [2.45, 2.75) is 32.7 Å². The summed E-state index contributed by atoms with van der Waals surface area (Å²) in [5.41, 5.74) is 3.33. The second-order valence-electron chi connectivity index (χ2n) is 6.78. The van der Waals surface area contributed by atoms with Gasteiger partial charge in [0.15, 0.2) is 0 Å². The molecule has 0 radical (unpaired) electrons. The van der Waals surface area contributed by atoms with Gasteiger partial charge in [-0.2, -0.15) is 4.31 Å². The first kappa shape index (κ1) is 20.1. The summed E-state index contributed by atoms with van der Waals surface area (Å²) in [4.78, 5) is 13.1. The Bertz CT molecular complexity index is 877. The van der Waals surface area contributed by atoms with E-state index in [0.29, 0.717) is 5.56 Å². The molecule has 0 aliphatic carbocycles. The maximum Gasteiger partial charge on any atom is 0.247 e. The molecule has 0 fully saturated rings. The molecule has 0 saturated carbocycles. The van der Waals surface area contributed by atoms with Gasteiger partial charge in [0.2, 0.25) is 15.9 Å². The average Bonchev–Trinajstić information content (AvgIpc) is 2.56. The largest absolute Gasteiger partial charge is 0.324 e. The van der Waals surface area contributed by atoms with Gasteiger partial charge in [-0.25, -0.2) is 8.42 Å². The van der Waals surface area contributed by atoms with Crippen LogP contribution in [0.25, 0.3) is 0 Å². The number of nitrogens with zero attached hydrogens (tertiary/aromatic N) is 1. The number of carbonyl (C=O) groups excluding carboxylic acids is 1. The molecule has 1 atom stereocenters. The Kier molecular flexibility index (Phi) is 6.21. The molecule has 0 spiro atoms. The molecule has 0 heterocycles. The predicted octanol–water partition coefficient (Wildman–Crippen LogP) is 3.69. The number of sulfonamides is 1. The molecule has 0 bridgehead atoms. The Morgan fingerprint density at radius 3 is 2.19 bits per heavy atom. The van der Waals surface area contributed by atoms with Crippen molar-refractivity contribution in [3.8, 4) is 0 Å². The smallest absolute Gasteiger partial charge is 0.247 e. The molecular weight excluding hydrogens is 348 g/mol. The summed E-state index contributed by atoms with van der Waals surface area (Å²) in [6, 6.07) is 13.9. The molecule has 26 heavy (non-hydrogen) atoms. The van der Waals surface area contributed by atoms with Crippen molar-refractivity contribution < 1.29 is 13.2 Å². The van der Waals surface area contributed by atoms with E-state index in [9.17, 15) is 13.2 Å². The third-order valence-corrected chi connectivity index (χ3v) is 5.68. The van der Waals surface area contributed by atoms with Gasteiger partial charge < -0.3 is 5.32 Å². The van der Waals surface area contributed by atoms with Crippen molar-refractivity contribution in [3.63, 3.8) is 0 Å². The molecule has 140 valence electrons. The van der Waals surface area contributed by atoms with Crippen molar-refractivity contribution in [1.82, 2.24) is 4.31 Å². The van der Waals surface area contributed by atoms with Gasteiger partial charge in [-0.15, -0.1) is 0 Å². The van der Waals surface area contributed by atoms with Crippen LogP contribution >= 0.6 is 0 Å². The SMILES string of the molecule is Cc1cccc(C(C)C)c1NC(=O)[C@H](c1ccccc1)N(C)S(C)(=O)=O. The second kappa shape index (κ2) is 8.01. The summed E-state index contributed by atoms with van der Waals surface area (Å²) in [6.45, 7) is 6.04. The van der Waals surface area contributed by atoms with Crippen LogP contribution in [0.5, 0.6) is 0 Å². The fourth-order valence-electron chi connectivity index (χ4n) is 2.89. The van der Waals surface area contributed by atoms with Crippen LogP contribution in [0.4, 0.5) is 5.69 Å². The van der Waals surface area contributed by atoms with Crippen LogP contribution in [0.2, 0.25) is 0 Å². The molecule has 0 unspecified atom stereocenters. The van der Waals surface area contributed by atoms with Crippen molar-refractivity contribution in [2.24, 2.45) is 0 Å². The molecule has 2 aromatic rings. The summed E-state index contributed by atoms with van der Waals surface area (Å²) in [6.07, 6.45) is 1.10. The Morgan fingerprint density at radius 2 is 1.65 bits per heavy atom. The average molecular weight is 375 g/mol. The lowest BCUT2D eigenvalue weighted by Crippen LogP contribution is -2.38. The molecule has 2 aromatic carbocycles. The lowest BCUT2D eigenvalue weighted by Gasteiger charge is -2.27. The number of anilines is 1. The number of likely N-dealkylation sites (N-methyl/N-ethyl adjacent to an activating group) is 1. The lowest BCUT2D eigenvalue weighted by atomic mass is 9.97. The number of nitrogens with one attached hydrogen (secondary N) is 1. The Labute approximate surface area is 156 Å². The highest BCUT2D eigenvalue weighted by Gasteiger charge is 2.31. The van der Waals surface area contributed by atoms with Gasteiger partial charge >= 0.3 is 0 Å². The Balaban J connectivity index is 2.47. The third-order valence-electron chi connectivity index (χ3n) is 4.43. The van der Waals surface area contributed by atoms with Crippen LogP contribution in [0, 0.1) is 6.92 Å². The van der Waals surface area contributed by atoms with E-state index in [2.05, 4.69) is 19.2 Å². The third kappa shape index (κ3) is 4.51. The van der Waals surface area contributed by atoms with E-state index in [1.165, 1.54) is 7.05 Å². The number of hydrogen-bond donors (Lipinski definition) is 1. The minimum absolute atomic E-state index is 0.230. The normalized spacial score (nSPS) is 13.0. The van der Waals surface area contributed by atoms with Crippen LogP contribution in [0.15, 0.2) is 48.5 Å². The number of para-hydroxylation sites is 1. The molecule has 6 heteroatoms. The summed E-state index contributed by atoms with van der Waals surface area (Å²) in [5.74, 6) is -0.145. The number of benzene rings is 2. The first-order chi connectivity index (χ1) is 12.1. The minimum Gasteiger partial charge on any atom is -0.324 e. The molecular formula is C20H26N2O3S. The van der Waals surface area contributed by atoms with Crippen LogP contribution in [-0.4, -0.2) is 31.9 Å². The molecule has 1 N–H and O–H groups in total. The van der Waals surface area contributed by atoms with Gasteiger partial charge in [0.25, 0.3) is 0 Å². The summed E-state index contributed by atoms with van der Waals surface area (Å²) < 4.78 is 25.3. The lowest BCUT2D eigenvalue weighted by molar-refractivity contribution is -0.119. The van der Waals surface area contributed by atoms with Gasteiger partial charge in [0.1, 0.15) is 6.04 Å². The predicted molar refractivity (Wildman–Crippen MR) is 106 cm³/mol. The fourth-order valence-corrected chi connectivity index (χ4v) is 3.49. The summed E-state index contributed by atoms with van der Waals surface area (Å²) >= 11 is 0. The molecule has 1 amide bonds. The number of carbonyl (C=O) groups is 1. The number of aryl methyl sites for hydroxylation is 1. The van der Waals surface area contributed by atoms with Gasteiger partial charge in [0, 0.05) is 12.7 Å². The second-order valence-corrected chi connectivity index (χ2v) is 8.82. The van der Waals surface area contributed by atoms with E-state index in [0.717, 1.165) is 27.4 Å². The van der Waals surface area contributed by atoms with Gasteiger partial charge in [-0.05, 0) is 29.5 Å². The fraction of sp³-hybridized carbons (Fsp3) is 0.350. The summed E-state index contributed by atoms with van der Waals surface area (Å²) in [7, 11) is -2.13. The zero-order chi connectivity index (χ0) is 19.5. The molecule has 0 aliphatic heterocycles. The van der Waals surface area contributed by atoms with Crippen molar-refractivity contribution >= 4 is 21.6 Å². The monoisotopic (exact) mass is 374 g/mol. The maximum atomic E-state index is 13.1. The van der Waals surface area contributed by atoms with Gasteiger partial charge in [0.05, 0.1) is 6.26 Å². The van der Waals surface area contributed by atoms with E-state index in [1.54, 1.807) is 24.3 Å². The van der Waals surface area contributed by atoms with E-state index in [-0.39, 0.29) is 11.8 Å². The number of rotatable bonds is 6. The standard InChI is InChI=1S/C20H26N2O3S/c1-14(2)17-13-9-10-15(3)18(17)21-20(23)19(22(4)26(5,24)25)16-11-7-6-8-12-16/h6-14,19H,1-5H3,(H,21,23)/t19-/m0/s1. The van der Waals surface area contributed by atoms with Crippen LogP contribution in [-0.2, 0) is 14.8 Å². The van der Waals surface area contributed by atoms with Gasteiger partial charge in [-0.3, -0.25) is 4.79 Å². The first-order valence-corrected chi connectivity index (χ1v) is 10.4. The highest BCUT2D eigenvalue weighted by Crippen LogP contribution is 2.30. The number of amides is 1. The first-order valence-electron chi connectivity index (χ1n) is 8.51. The van der Waals surface area contributed by atoms with Crippen LogP contribution in [0.1, 0.15) is 42.5 Å². The van der Waals surface area contributed by atoms with Crippen molar-refractivity contribution in [3.05, 3.63) is 65.2 Å². The van der Waals surface area contributed by atoms with Crippen LogP contribution < -0.4 is 5.32 Å². The highest BCUT2D eigenvalue weighted by atomic mass is 32.2. The van der Waals surface area contributed by atoms with Crippen LogP contribution in [0.3, 0.4) is 0 Å². The molecule has 0 aliphatic rings. The van der Waals surface area contributed by atoms with Crippen molar-refractivity contribution in [2.75, 3.05) is 18.6 Å². The minimum atomic E-state index is -3.55. The van der Waals surface area contributed by atoms with E-state index >= 15 is 0 Å². The molecule has 0 saturated heterocycles.